The first-order chi connectivity index (χ1) is 9.21. The Morgan fingerprint density at radius 2 is 2.00 bits per heavy atom. The Hall–Kier alpha value is -1.63. The molecule has 7 nitrogen and oxygen atoms in total. The van der Waals surface area contributed by atoms with Crippen LogP contribution in [0.3, 0.4) is 0 Å². The van der Waals surface area contributed by atoms with E-state index in [1.54, 1.807) is 20.8 Å². The monoisotopic (exact) mass is 286 g/mol. The van der Waals surface area contributed by atoms with Crippen molar-refractivity contribution in [1.82, 2.24) is 4.90 Å². The Morgan fingerprint density at radius 3 is 2.45 bits per heavy atom. The summed E-state index contributed by atoms with van der Waals surface area (Å²) >= 11 is 0. The molecule has 7 heteroatoms. The van der Waals surface area contributed by atoms with Crippen LogP contribution >= 0.6 is 0 Å². The van der Waals surface area contributed by atoms with Gasteiger partial charge in [-0.05, 0) is 40.2 Å². The molecule has 1 aliphatic rings. The van der Waals surface area contributed by atoms with E-state index in [0.29, 0.717) is 13.0 Å². The minimum absolute atomic E-state index is 0.224. The maximum atomic E-state index is 12.2. The normalized spacial score (nSPS) is 22.9. The van der Waals surface area contributed by atoms with Crippen LogP contribution in [-0.4, -0.2) is 48.2 Å². The lowest BCUT2D eigenvalue weighted by molar-refractivity contribution is -0.148. The van der Waals surface area contributed by atoms with Gasteiger partial charge < -0.3 is 15.2 Å². The molecule has 1 saturated heterocycles. The van der Waals surface area contributed by atoms with Crippen LogP contribution in [-0.2, 0) is 19.1 Å². The Balaban J connectivity index is 2.95. The summed E-state index contributed by atoms with van der Waals surface area (Å²) in [5.74, 6) is -1.50. The number of rotatable bonds is 3. The van der Waals surface area contributed by atoms with Gasteiger partial charge in [0.25, 0.3) is 0 Å². The van der Waals surface area contributed by atoms with Crippen LogP contribution in [0.4, 0.5) is 4.79 Å². The molecule has 0 unspecified atom stereocenters. The number of amides is 2. The van der Waals surface area contributed by atoms with Crippen molar-refractivity contribution in [2.24, 2.45) is 11.7 Å². The molecule has 1 heterocycles. The van der Waals surface area contributed by atoms with E-state index in [1.165, 1.54) is 7.11 Å². The number of ether oxygens (including phenoxy) is 2. The molecule has 2 N–H and O–H groups in total. The standard InChI is InChI=1S/C13H22N2O5/c1-13(2,3)20-12(18)15-9(11(17)19-4)7-8(5-6-14)10(15)16/h8-9H,5-7,14H2,1-4H3/t8-,9-/m0/s1. The maximum Gasteiger partial charge on any atom is 0.417 e. The van der Waals surface area contributed by atoms with Crippen molar-refractivity contribution in [3.63, 3.8) is 0 Å². The number of carbonyl (C=O) groups is 3. The molecule has 0 aromatic carbocycles. The van der Waals surface area contributed by atoms with Gasteiger partial charge in [0.05, 0.1) is 7.11 Å². The zero-order valence-corrected chi connectivity index (χ0v) is 12.3. The van der Waals surface area contributed by atoms with Crippen LogP contribution in [0.15, 0.2) is 0 Å². The molecule has 114 valence electrons. The largest absolute Gasteiger partial charge is 0.467 e. The first kappa shape index (κ1) is 16.4. The fraction of sp³-hybridized carbons (Fsp3) is 0.769. The molecule has 0 aromatic heterocycles. The molecule has 2 atom stereocenters. The second-order valence-electron chi connectivity index (χ2n) is 5.74. The summed E-state index contributed by atoms with van der Waals surface area (Å²) in [6.45, 7) is 5.38. The Bertz CT molecular complexity index is 402. The predicted octanol–water partition coefficient (Wildman–Crippen LogP) is 0.660. The summed E-state index contributed by atoms with van der Waals surface area (Å²) in [5.41, 5.74) is 4.70. The van der Waals surface area contributed by atoms with Crippen LogP contribution in [0.5, 0.6) is 0 Å². The highest BCUT2D eigenvalue weighted by atomic mass is 16.6. The number of hydrogen-bond acceptors (Lipinski definition) is 6. The molecule has 0 aromatic rings. The molecular formula is C13H22N2O5. The fourth-order valence-corrected chi connectivity index (χ4v) is 2.13. The SMILES string of the molecule is COC(=O)[C@@H]1C[C@H](CCN)C(=O)N1C(=O)OC(C)(C)C. The third kappa shape index (κ3) is 3.69. The Kier molecular flexibility index (Phi) is 5.10. The van der Waals surface area contributed by atoms with Gasteiger partial charge in [-0.25, -0.2) is 14.5 Å². The van der Waals surface area contributed by atoms with Crippen molar-refractivity contribution >= 4 is 18.0 Å². The molecule has 0 saturated carbocycles. The number of likely N-dealkylation sites (tertiary alicyclic amines) is 1. The first-order valence-electron chi connectivity index (χ1n) is 6.55. The van der Waals surface area contributed by atoms with Gasteiger partial charge in [-0.3, -0.25) is 4.79 Å². The molecule has 1 fully saturated rings. The fourth-order valence-electron chi connectivity index (χ4n) is 2.13. The van der Waals surface area contributed by atoms with Gasteiger partial charge in [0.2, 0.25) is 5.91 Å². The van der Waals surface area contributed by atoms with Crippen LogP contribution in [0.2, 0.25) is 0 Å². The van der Waals surface area contributed by atoms with Crippen LogP contribution in [0.25, 0.3) is 0 Å². The smallest absolute Gasteiger partial charge is 0.417 e. The average Bonchev–Trinajstić information content (AvgIpc) is 2.64. The van der Waals surface area contributed by atoms with E-state index in [9.17, 15) is 14.4 Å². The van der Waals surface area contributed by atoms with Crippen molar-refractivity contribution in [2.75, 3.05) is 13.7 Å². The zero-order chi connectivity index (χ0) is 15.5. The second-order valence-corrected chi connectivity index (χ2v) is 5.74. The highest BCUT2D eigenvalue weighted by molar-refractivity contribution is 6.00. The summed E-state index contributed by atoms with van der Waals surface area (Å²) in [4.78, 5) is 36.9. The van der Waals surface area contributed by atoms with E-state index in [-0.39, 0.29) is 6.42 Å². The van der Waals surface area contributed by atoms with Gasteiger partial charge in [0.1, 0.15) is 11.6 Å². The van der Waals surface area contributed by atoms with Crippen molar-refractivity contribution in [3.8, 4) is 0 Å². The van der Waals surface area contributed by atoms with Crippen molar-refractivity contribution in [2.45, 2.75) is 45.3 Å². The molecule has 20 heavy (non-hydrogen) atoms. The lowest BCUT2D eigenvalue weighted by Gasteiger charge is -2.26. The number of methoxy groups -OCH3 is 1. The van der Waals surface area contributed by atoms with Crippen LogP contribution in [0, 0.1) is 5.92 Å². The van der Waals surface area contributed by atoms with Crippen molar-refractivity contribution < 1.29 is 23.9 Å². The number of nitrogens with zero attached hydrogens (tertiary/aromatic N) is 1. The van der Waals surface area contributed by atoms with E-state index in [2.05, 4.69) is 4.74 Å². The topological polar surface area (TPSA) is 98.9 Å². The van der Waals surface area contributed by atoms with E-state index < -0.39 is 35.5 Å². The molecule has 0 radical (unpaired) electrons. The Labute approximate surface area is 118 Å². The third-order valence-corrected chi connectivity index (χ3v) is 2.98. The molecule has 2 amide bonds. The van der Waals surface area contributed by atoms with Crippen LogP contribution < -0.4 is 5.73 Å². The zero-order valence-electron chi connectivity index (χ0n) is 12.3. The summed E-state index contributed by atoms with van der Waals surface area (Å²) < 4.78 is 9.82. The van der Waals surface area contributed by atoms with Crippen molar-refractivity contribution in [3.05, 3.63) is 0 Å². The first-order valence-corrected chi connectivity index (χ1v) is 6.55. The lowest BCUT2D eigenvalue weighted by Crippen LogP contribution is -2.46. The summed E-state index contributed by atoms with van der Waals surface area (Å²) in [6.07, 6.45) is -0.175. The molecule has 0 aliphatic carbocycles. The van der Waals surface area contributed by atoms with E-state index >= 15 is 0 Å². The number of esters is 1. The number of carbonyl (C=O) groups excluding carboxylic acids is 3. The molecule has 0 spiro atoms. The molecule has 1 aliphatic heterocycles. The summed E-state index contributed by atoms with van der Waals surface area (Å²) in [5, 5.41) is 0. The quantitative estimate of drug-likeness (QED) is 0.765. The minimum atomic E-state index is -0.932. The molecule has 0 bridgehead atoms. The Morgan fingerprint density at radius 1 is 1.40 bits per heavy atom. The lowest BCUT2D eigenvalue weighted by atomic mass is 10.0. The van der Waals surface area contributed by atoms with Gasteiger partial charge in [-0.1, -0.05) is 0 Å². The van der Waals surface area contributed by atoms with E-state index in [1.807, 2.05) is 0 Å². The van der Waals surface area contributed by atoms with Crippen LogP contribution in [0.1, 0.15) is 33.6 Å². The predicted molar refractivity (Wildman–Crippen MR) is 70.7 cm³/mol. The van der Waals surface area contributed by atoms with Gasteiger partial charge >= 0.3 is 12.1 Å². The molecular weight excluding hydrogens is 264 g/mol. The average molecular weight is 286 g/mol. The summed E-state index contributed by atoms with van der Waals surface area (Å²) in [7, 11) is 1.22. The highest BCUT2D eigenvalue weighted by Gasteiger charge is 2.48. The minimum Gasteiger partial charge on any atom is -0.467 e. The summed E-state index contributed by atoms with van der Waals surface area (Å²) in [6, 6.07) is -0.932. The van der Waals surface area contributed by atoms with E-state index in [0.717, 1.165) is 4.90 Å². The van der Waals surface area contributed by atoms with E-state index in [4.69, 9.17) is 10.5 Å². The number of imide groups is 1. The van der Waals surface area contributed by atoms with Gasteiger partial charge in [-0.15, -0.1) is 0 Å². The van der Waals surface area contributed by atoms with Crippen molar-refractivity contribution in [1.29, 1.82) is 0 Å². The highest BCUT2D eigenvalue weighted by Crippen LogP contribution is 2.29. The second kappa shape index (κ2) is 6.21. The molecule has 1 rings (SSSR count). The number of hydrogen-bond donors (Lipinski definition) is 1. The number of nitrogens with two attached hydrogens (primary N) is 1. The van der Waals surface area contributed by atoms with Gasteiger partial charge in [0.15, 0.2) is 0 Å². The maximum absolute atomic E-state index is 12.2. The third-order valence-electron chi connectivity index (χ3n) is 2.98. The van der Waals surface area contributed by atoms with Gasteiger partial charge in [0, 0.05) is 5.92 Å². The van der Waals surface area contributed by atoms with Gasteiger partial charge in [-0.2, -0.15) is 0 Å².